The van der Waals surface area contributed by atoms with Crippen molar-refractivity contribution in [1.82, 2.24) is 0 Å². The summed E-state index contributed by atoms with van der Waals surface area (Å²) in [5.41, 5.74) is 1.31. The van der Waals surface area contributed by atoms with Crippen LogP contribution in [0.1, 0.15) is 20.8 Å². The monoisotopic (exact) mass is 188 g/mol. The SMILES string of the molecule is CC1C=CC2=CC(C)(C)C=CC=C2O1. The molecular formula is C13H16O. The van der Waals surface area contributed by atoms with Gasteiger partial charge in [0, 0.05) is 11.0 Å². The largest absolute Gasteiger partial charge is 0.486 e. The Kier molecular flexibility index (Phi) is 2.10. The molecule has 0 spiro atoms. The van der Waals surface area contributed by atoms with E-state index in [2.05, 4.69) is 44.2 Å². The first-order valence-electron chi connectivity index (χ1n) is 5.04. The lowest BCUT2D eigenvalue weighted by Crippen LogP contribution is -2.11. The van der Waals surface area contributed by atoms with Gasteiger partial charge in [-0.05, 0) is 19.1 Å². The zero-order valence-electron chi connectivity index (χ0n) is 8.95. The zero-order chi connectivity index (χ0) is 10.2. The van der Waals surface area contributed by atoms with Crippen LogP contribution in [0.3, 0.4) is 0 Å². The molecule has 0 saturated carbocycles. The van der Waals surface area contributed by atoms with E-state index in [1.165, 1.54) is 5.57 Å². The third-order valence-corrected chi connectivity index (χ3v) is 2.45. The predicted octanol–water partition coefficient (Wildman–Crippen LogP) is 3.37. The van der Waals surface area contributed by atoms with E-state index in [9.17, 15) is 0 Å². The quantitative estimate of drug-likeness (QED) is 0.566. The Morgan fingerprint density at radius 3 is 2.93 bits per heavy atom. The molecule has 74 valence electrons. The van der Waals surface area contributed by atoms with Gasteiger partial charge in [-0.15, -0.1) is 0 Å². The fourth-order valence-corrected chi connectivity index (χ4v) is 1.72. The van der Waals surface area contributed by atoms with Gasteiger partial charge in [-0.3, -0.25) is 0 Å². The van der Waals surface area contributed by atoms with Crippen molar-refractivity contribution in [1.29, 1.82) is 0 Å². The summed E-state index contributed by atoms with van der Waals surface area (Å²) >= 11 is 0. The summed E-state index contributed by atoms with van der Waals surface area (Å²) in [7, 11) is 0. The standard InChI is InChI=1S/C13H16O/c1-10-6-7-11-9-13(2,3)8-4-5-12(11)14-10/h4-10H,1-3H3. The average molecular weight is 188 g/mol. The molecule has 0 N–H and O–H groups in total. The highest BCUT2D eigenvalue weighted by atomic mass is 16.5. The number of ether oxygens (including phenoxy) is 1. The molecular weight excluding hydrogens is 172 g/mol. The van der Waals surface area contributed by atoms with Crippen LogP contribution >= 0.6 is 0 Å². The van der Waals surface area contributed by atoms with Gasteiger partial charge in [-0.2, -0.15) is 0 Å². The van der Waals surface area contributed by atoms with Crippen molar-refractivity contribution in [3.05, 3.63) is 47.8 Å². The van der Waals surface area contributed by atoms with Crippen LogP contribution in [0.25, 0.3) is 0 Å². The van der Waals surface area contributed by atoms with Crippen LogP contribution in [-0.2, 0) is 4.74 Å². The molecule has 1 aliphatic carbocycles. The van der Waals surface area contributed by atoms with Gasteiger partial charge in [0.25, 0.3) is 0 Å². The fourth-order valence-electron chi connectivity index (χ4n) is 1.72. The molecule has 0 aromatic rings. The van der Waals surface area contributed by atoms with Crippen LogP contribution in [0.5, 0.6) is 0 Å². The van der Waals surface area contributed by atoms with Crippen LogP contribution in [0, 0.1) is 5.41 Å². The highest BCUT2D eigenvalue weighted by Gasteiger charge is 2.19. The first-order valence-corrected chi connectivity index (χ1v) is 5.04. The molecule has 1 aliphatic heterocycles. The van der Waals surface area contributed by atoms with E-state index in [0.29, 0.717) is 0 Å². The highest BCUT2D eigenvalue weighted by Crippen LogP contribution is 2.31. The second kappa shape index (κ2) is 3.16. The van der Waals surface area contributed by atoms with Crippen LogP contribution in [0.15, 0.2) is 47.8 Å². The Hall–Kier alpha value is -1.24. The van der Waals surface area contributed by atoms with Crippen molar-refractivity contribution >= 4 is 0 Å². The molecule has 0 fully saturated rings. The molecule has 1 unspecified atom stereocenters. The Bertz CT molecular complexity index is 353. The summed E-state index contributed by atoms with van der Waals surface area (Å²) in [6, 6.07) is 0. The van der Waals surface area contributed by atoms with Crippen molar-refractivity contribution in [2.24, 2.45) is 5.41 Å². The number of rotatable bonds is 0. The average Bonchev–Trinajstić information content (AvgIpc) is 2.22. The minimum absolute atomic E-state index is 0.113. The lowest BCUT2D eigenvalue weighted by atomic mass is 9.90. The summed E-state index contributed by atoms with van der Waals surface area (Å²) in [4.78, 5) is 0. The number of hydrogen-bond acceptors (Lipinski definition) is 1. The Labute approximate surface area is 85.5 Å². The fraction of sp³-hybridized carbons (Fsp3) is 0.385. The molecule has 0 bridgehead atoms. The number of allylic oxidation sites excluding steroid dienone is 5. The summed E-state index contributed by atoms with van der Waals surface area (Å²) in [6.45, 7) is 6.44. The van der Waals surface area contributed by atoms with Gasteiger partial charge >= 0.3 is 0 Å². The van der Waals surface area contributed by atoms with E-state index in [1.807, 2.05) is 13.0 Å². The minimum atomic E-state index is 0.113. The minimum Gasteiger partial charge on any atom is -0.486 e. The number of fused-ring (bicyclic) bond motifs is 1. The maximum absolute atomic E-state index is 5.72. The molecule has 0 aromatic heterocycles. The van der Waals surface area contributed by atoms with E-state index in [-0.39, 0.29) is 11.5 Å². The first-order chi connectivity index (χ1) is 6.57. The predicted molar refractivity (Wildman–Crippen MR) is 58.8 cm³/mol. The van der Waals surface area contributed by atoms with Crippen molar-refractivity contribution in [2.75, 3.05) is 0 Å². The molecule has 0 aromatic carbocycles. The van der Waals surface area contributed by atoms with E-state index < -0.39 is 0 Å². The third-order valence-electron chi connectivity index (χ3n) is 2.45. The molecule has 1 atom stereocenters. The summed E-state index contributed by atoms with van der Waals surface area (Å²) < 4.78 is 5.72. The van der Waals surface area contributed by atoms with Crippen LogP contribution in [0.4, 0.5) is 0 Å². The molecule has 0 saturated heterocycles. The molecule has 0 radical (unpaired) electrons. The van der Waals surface area contributed by atoms with Gasteiger partial charge in [-0.25, -0.2) is 0 Å². The van der Waals surface area contributed by atoms with E-state index >= 15 is 0 Å². The molecule has 1 heterocycles. The molecule has 1 heteroatoms. The Balaban J connectivity index is 2.42. The molecule has 2 aliphatic rings. The van der Waals surface area contributed by atoms with Gasteiger partial charge < -0.3 is 4.74 Å². The van der Waals surface area contributed by atoms with Crippen molar-refractivity contribution in [3.63, 3.8) is 0 Å². The van der Waals surface area contributed by atoms with Gasteiger partial charge in [-0.1, -0.05) is 38.2 Å². The first kappa shape index (κ1) is 9.32. The topological polar surface area (TPSA) is 9.23 Å². The summed E-state index contributed by atoms with van der Waals surface area (Å²) in [5.74, 6) is 0.988. The summed E-state index contributed by atoms with van der Waals surface area (Å²) in [6.07, 6.45) is 13.0. The van der Waals surface area contributed by atoms with Gasteiger partial charge in [0.15, 0.2) is 0 Å². The maximum atomic E-state index is 5.72. The lowest BCUT2D eigenvalue weighted by molar-refractivity contribution is 0.172. The zero-order valence-corrected chi connectivity index (χ0v) is 8.95. The molecule has 1 nitrogen and oxygen atoms in total. The van der Waals surface area contributed by atoms with Gasteiger partial charge in [0.05, 0.1) is 0 Å². The Morgan fingerprint density at radius 2 is 2.14 bits per heavy atom. The van der Waals surface area contributed by atoms with Crippen LogP contribution < -0.4 is 0 Å². The number of hydrogen-bond donors (Lipinski definition) is 0. The second-order valence-corrected chi connectivity index (χ2v) is 4.49. The Morgan fingerprint density at radius 1 is 1.36 bits per heavy atom. The van der Waals surface area contributed by atoms with Crippen LogP contribution in [0.2, 0.25) is 0 Å². The molecule has 2 rings (SSSR count). The second-order valence-electron chi connectivity index (χ2n) is 4.49. The third kappa shape index (κ3) is 1.82. The highest BCUT2D eigenvalue weighted by molar-refractivity contribution is 5.44. The molecule has 0 amide bonds. The normalized spacial score (nSPS) is 28.4. The van der Waals surface area contributed by atoms with Crippen molar-refractivity contribution < 1.29 is 4.74 Å². The smallest absolute Gasteiger partial charge is 0.127 e. The van der Waals surface area contributed by atoms with Crippen molar-refractivity contribution in [2.45, 2.75) is 26.9 Å². The van der Waals surface area contributed by atoms with Gasteiger partial charge in [0.1, 0.15) is 11.9 Å². The van der Waals surface area contributed by atoms with E-state index in [0.717, 1.165) is 5.76 Å². The summed E-state index contributed by atoms with van der Waals surface area (Å²) in [5, 5.41) is 0. The van der Waals surface area contributed by atoms with Crippen LogP contribution in [-0.4, -0.2) is 6.10 Å². The van der Waals surface area contributed by atoms with E-state index in [1.54, 1.807) is 0 Å². The van der Waals surface area contributed by atoms with Crippen molar-refractivity contribution in [3.8, 4) is 0 Å². The van der Waals surface area contributed by atoms with E-state index in [4.69, 9.17) is 4.74 Å². The lowest BCUT2D eigenvalue weighted by Gasteiger charge is -2.21. The maximum Gasteiger partial charge on any atom is 0.127 e. The van der Waals surface area contributed by atoms with Gasteiger partial charge in [0.2, 0.25) is 0 Å². The molecule has 14 heavy (non-hydrogen) atoms.